The van der Waals surface area contributed by atoms with Crippen molar-refractivity contribution in [2.24, 2.45) is 0 Å². The number of amides is 2. The molecule has 1 fully saturated rings. The molecule has 21 heavy (non-hydrogen) atoms. The number of hydrogen-bond donors (Lipinski definition) is 1. The SMILES string of the molecule is CC(NC(=O)c1ccc(F)cc1Br)C(=O)N1CCOCC1. The van der Waals surface area contributed by atoms with Crippen LogP contribution in [0.25, 0.3) is 0 Å². The van der Waals surface area contributed by atoms with Gasteiger partial charge in [0.05, 0.1) is 18.8 Å². The normalized spacial score (nSPS) is 16.4. The van der Waals surface area contributed by atoms with Gasteiger partial charge in [-0.3, -0.25) is 9.59 Å². The third-order valence-corrected chi connectivity index (χ3v) is 3.87. The van der Waals surface area contributed by atoms with E-state index < -0.39 is 17.8 Å². The molecule has 2 amide bonds. The van der Waals surface area contributed by atoms with Crippen LogP contribution in [0.4, 0.5) is 4.39 Å². The number of halogens is 2. The summed E-state index contributed by atoms with van der Waals surface area (Å²) in [6, 6.07) is 3.14. The van der Waals surface area contributed by atoms with Gasteiger partial charge in [-0.25, -0.2) is 4.39 Å². The van der Waals surface area contributed by atoms with Crippen LogP contribution in [0.1, 0.15) is 17.3 Å². The summed E-state index contributed by atoms with van der Waals surface area (Å²) in [5, 5.41) is 2.63. The van der Waals surface area contributed by atoms with Crippen molar-refractivity contribution < 1.29 is 18.7 Å². The lowest BCUT2D eigenvalue weighted by atomic mass is 10.2. The standard InChI is InChI=1S/C14H16BrFN2O3/c1-9(14(20)18-4-6-21-7-5-18)17-13(19)11-3-2-10(16)8-12(11)15/h2-3,8-9H,4-7H2,1H3,(H,17,19). The molecule has 114 valence electrons. The summed E-state index contributed by atoms with van der Waals surface area (Å²) in [4.78, 5) is 26.0. The van der Waals surface area contributed by atoms with Gasteiger partial charge in [0.15, 0.2) is 0 Å². The van der Waals surface area contributed by atoms with Gasteiger partial charge in [-0.15, -0.1) is 0 Å². The second-order valence-corrected chi connectivity index (χ2v) is 5.61. The summed E-state index contributed by atoms with van der Waals surface area (Å²) in [6.07, 6.45) is 0. The molecule has 1 heterocycles. The molecule has 1 aromatic rings. The average molecular weight is 359 g/mol. The van der Waals surface area contributed by atoms with Crippen molar-refractivity contribution in [2.75, 3.05) is 26.3 Å². The Morgan fingerprint density at radius 1 is 1.38 bits per heavy atom. The molecule has 0 aliphatic carbocycles. The first-order chi connectivity index (χ1) is 9.99. The Labute approximate surface area is 130 Å². The number of nitrogens with zero attached hydrogens (tertiary/aromatic N) is 1. The highest BCUT2D eigenvalue weighted by Gasteiger charge is 2.24. The maximum atomic E-state index is 13.0. The van der Waals surface area contributed by atoms with Gasteiger partial charge in [0, 0.05) is 17.6 Å². The molecule has 0 saturated carbocycles. The number of hydrogen-bond acceptors (Lipinski definition) is 3. The predicted molar refractivity (Wildman–Crippen MR) is 78.4 cm³/mol. The molecule has 1 saturated heterocycles. The highest BCUT2D eigenvalue weighted by atomic mass is 79.9. The number of ether oxygens (including phenoxy) is 1. The van der Waals surface area contributed by atoms with E-state index in [1.807, 2.05) is 0 Å². The minimum atomic E-state index is -0.646. The van der Waals surface area contributed by atoms with Crippen molar-refractivity contribution in [2.45, 2.75) is 13.0 Å². The van der Waals surface area contributed by atoms with E-state index in [2.05, 4.69) is 21.2 Å². The van der Waals surface area contributed by atoms with E-state index in [9.17, 15) is 14.0 Å². The van der Waals surface area contributed by atoms with Crippen LogP contribution in [-0.2, 0) is 9.53 Å². The van der Waals surface area contributed by atoms with E-state index in [0.29, 0.717) is 30.8 Å². The minimum absolute atomic E-state index is 0.148. The largest absolute Gasteiger partial charge is 0.378 e. The maximum Gasteiger partial charge on any atom is 0.253 e. The second-order valence-electron chi connectivity index (χ2n) is 4.76. The van der Waals surface area contributed by atoms with E-state index in [1.54, 1.807) is 11.8 Å². The van der Waals surface area contributed by atoms with Gasteiger partial charge in [0.25, 0.3) is 5.91 Å². The number of rotatable bonds is 3. The van der Waals surface area contributed by atoms with E-state index in [1.165, 1.54) is 18.2 Å². The minimum Gasteiger partial charge on any atom is -0.378 e. The molecule has 1 aliphatic heterocycles. The summed E-state index contributed by atoms with van der Waals surface area (Å²) >= 11 is 3.14. The summed E-state index contributed by atoms with van der Waals surface area (Å²) in [6.45, 7) is 3.71. The smallest absolute Gasteiger partial charge is 0.253 e. The van der Waals surface area contributed by atoms with Gasteiger partial charge in [-0.05, 0) is 41.1 Å². The summed E-state index contributed by atoms with van der Waals surface area (Å²) in [5.41, 5.74) is 0.290. The van der Waals surface area contributed by atoms with Crippen molar-refractivity contribution in [3.05, 3.63) is 34.1 Å². The molecule has 1 unspecified atom stereocenters. The number of nitrogens with one attached hydrogen (secondary N) is 1. The van der Waals surface area contributed by atoms with Crippen LogP contribution in [0.5, 0.6) is 0 Å². The number of morpholine rings is 1. The molecule has 1 aliphatic rings. The van der Waals surface area contributed by atoms with Crippen LogP contribution in [-0.4, -0.2) is 49.1 Å². The number of benzene rings is 1. The van der Waals surface area contributed by atoms with Crippen LogP contribution in [0.2, 0.25) is 0 Å². The van der Waals surface area contributed by atoms with Crippen molar-refractivity contribution in [3.8, 4) is 0 Å². The highest BCUT2D eigenvalue weighted by Crippen LogP contribution is 2.18. The topological polar surface area (TPSA) is 58.6 Å². The lowest BCUT2D eigenvalue weighted by Crippen LogP contribution is -2.50. The first kappa shape index (κ1) is 15.9. The molecule has 1 aromatic carbocycles. The fourth-order valence-corrected chi connectivity index (χ4v) is 2.60. The molecule has 2 rings (SSSR count). The van der Waals surface area contributed by atoms with Crippen LogP contribution >= 0.6 is 15.9 Å². The first-order valence-electron chi connectivity index (χ1n) is 6.61. The maximum absolute atomic E-state index is 13.0. The molecule has 0 spiro atoms. The Morgan fingerprint density at radius 2 is 2.05 bits per heavy atom. The molecule has 7 heteroatoms. The Kier molecular flexibility index (Phi) is 5.30. The lowest BCUT2D eigenvalue weighted by Gasteiger charge is -2.29. The van der Waals surface area contributed by atoms with Gasteiger partial charge < -0.3 is 15.0 Å². The third kappa shape index (κ3) is 4.01. The molecule has 1 N–H and O–H groups in total. The molecular formula is C14H16BrFN2O3. The monoisotopic (exact) mass is 358 g/mol. The Bertz CT molecular complexity index is 547. The average Bonchev–Trinajstić information content (AvgIpc) is 2.47. The van der Waals surface area contributed by atoms with Gasteiger partial charge >= 0.3 is 0 Å². The van der Waals surface area contributed by atoms with Gasteiger partial charge in [0.1, 0.15) is 11.9 Å². The van der Waals surface area contributed by atoms with E-state index >= 15 is 0 Å². The summed E-state index contributed by atoms with van der Waals surface area (Å²) in [7, 11) is 0. The predicted octanol–water partition coefficient (Wildman–Crippen LogP) is 1.57. The van der Waals surface area contributed by atoms with Crippen molar-refractivity contribution >= 4 is 27.7 Å². The van der Waals surface area contributed by atoms with Gasteiger partial charge in [0.2, 0.25) is 5.91 Å². The number of carbonyl (C=O) groups is 2. The second kappa shape index (κ2) is 7.00. The summed E-state index contributed by atoms with van der Waals surface area (Å²) < 4.78 is 18.5. The van der Waals surface area contributed by atoms with Crippen LogP contribution < -0.4 is 5.32 Å². The molecule has 5 nitrogen and oxygen atoms in total. The molecular weight excluding hydrogens is 343 g/mol. The summed E-state index contributed by atoms with van der Waals surface area (Å²) in [5.74, 6) is -1.00. The quantitative estimate of drug-likeness (QED) is 0.891. The zero-order chi connectivity index (χ0) is 15.4. The number of carbonyl (C=O) groups excluding carboxylic acids is 2. The third-order valence-electron chi connectivity index (χ3n) is 3.22. The lowest BCUT2D eigenvalue weighted by molar-refractivity contribution is -0.136. The fourth-order valence-electron chi connectivity index (χ4n) is 2.07. The van der Waals surface area contributed by atoms with Crippen LogP contribution in [0, 0.1) is 5.82 Å². The van der Waals surface area contributed by atoms with Gasteiger partial charge in [-0.1, -0.05) is 0 Å². The Morgan fingerprint density at radius 3 is 2.67 bits per heavy atom. The zero-order valence-corrected chi connectivity index (χ0v) is 13.2. The van der Waals surface area contributed by atoms with Crippen molar-refractivity contribution in [1.82, 2.24) is 10.2 Å². The molecule has 0 aromatic heterocycles. The van der Waals surface area contributed by atoms with Crippen molar-refractivity contribution in [1.29, 1.82) is 0 Å². The molecule has 0 radical (unpaired) electrons. The van der Waals surface area contributed by atoms with Crippen LogP contribution in [0.15, 0.2) is 22.7 Å². The van der Waals surface area contributed by atoms with Crippen molar-refractivity contribution in [3.63, 3.8) is 0 Å². The van der Waals surface area contributed by atoms with E-state index in [0.717, 1.165) is 0 Å². The van der Waals surface area contributed by atoms with E-state index in [-0.39, 0.29) is 11.5 Å². The molecule has 0 bridgehead atoms. The Hall–Kier alpha value is -1.47. The van der Waals surface area contributed by atoms with Gasteiger partial charge in [-0.2, -0.15) is 0 Å². The highest BCUT2D eigenvalue weighted by molar-refractivity contribution is 9.10. The zero-order valence-electron chi connectivity index (χ0n) is 11.6. The Balaban J connectivity index is 1.99. The van der Waals surface area contributed by atoms with Crippen LogP contribution in [0.3, 0.4) is 0 Å². The van der Waals surface area contributed by atoms with E-state index in [4.69, 9.17) is 4.74 Å². The fraction of sp³-hybridized carbons (Fsp3) is 0.429. The molecule has 1 atom stereocenters. The first-order valence-corrected chi connectivity index (χ1v) is 7.41.